The van der Waals surface area contributed by atoms with E-state index in [1.54, 1.807) is 0 Å². The molecule has 1 aromatic rings. The van der Waals surface area contributed by atoms with Crippen LogP contribution >= 0.6 is 0 Å². The molecule has 0 aliphatic carbocycles. The minimum absolute atomic E-state index is 0.201. The van der Waals surface area contributed by atoms with E-state index in [4.69, 9.17) is 14.3 Å². The van der Waals surface area contributed by atoms with Gasteiger partial charge >= 0.3 is 0 Å². The fraction of sp³-hybridized carbons (Fsp3) is 0.533. The second-order valence-electron chi connectivity index (χ2n) is 4.40. The van der Waals surface area contributed by atoms with Gasteiger partial charge in [-0.2, -0.15) is 0 Å². The summed E-state index contributed by atoms with van der Waals surface area (Å²) in [5.41, 5.74) is 3.53. The van der Waals surface area contributed by atoms with E-state index >= 15 is 0 Å². The van der Waals surface area contributed by atoms with E-state index in [1.807, 2.05) is 38.1 Å². The Kier molecular flexibility index (Phi) is 8.42. The number of benzene rings is 1. The molecule has 0 spiro atoms. The monoisotopic (exact) mass is 281 g/mol. The number of carbonyl (C=O) groups excluding carboxylic acids is 1. The number of hydrogen-bond acceptors (Lipinski definition) is 4. The second kappa shape index (κ2) is 10.2. The maximum absolute atomic E-state index is 11.4. The summed E-state index contributed by atoms with van der Waals surface area (Å²) >= 11 is 0. The summed E-state index contributed by atoms with van der Waals surface area (Å²) in [6.07, 6.45) is 1.23. The van der Waals surface area contributed by atoms with E-state index in [2.05, 4.69) is 5.48 Å². The molecule has 0 radical (unpaired) electrons. The first-order valence-corrected chi connectivity index (χ1v) is 6.90. The molecule has 1 aromatic carbocycles. The molecule has 0 heterocycles. The number of aryl methyl sites for hydroxylation is 1. The van der Waals surface area contributed by atoms with E-state index in [-0.39, 0.29) is 12.3 Å². The molecule has 0 saturated heterocycles. The minimum atomic E-state index is -0.201. The highest BCUT2D eigenvalue weighted by molar-refractivity contribution is 5.74. The number of hydrogen-bond donors (Lipinski definition) is 1. The summed E-state index contributed by atoms with van der Waals surface area (Å²) in [5.74, 6) is 0.560. The Balaban J connectivity index is 2.01. The molecule has 5 heteroatoms. The molecule has 0 atom stereocenters. The van der Waals surface area contributed by atoms with Crippen LogP contribution in [0.1, 0.15) is 25.3 Å². The second-order valence-corrected chi connectivity index (χ2v) is 4.40. The van der Waals surface area contributed by atoms with Crippen LogP contribution in [0.25, 0.3) is 0 Å². The highest BCUT2D eigenvalue weighted by Gasteiger charge is 2.02. The van der Waals surface area contributed by atoms with Crippen LogP contribution in [0.2, 0.25) is 0 Å². The Morgan fingerprint density at radius 3 is 2.55 bits per heavy atom. The predicted molar refractivity (Wildman–Crippen MR) is 76.5 cm³/mol. The van der Waals surface area contributed by atoms with Crippen molar-refractivity contribution in [3.8, 4) is 5.75 Å². The van der Waals surface area contributed by atoms with Gasteiger partial charge in [0, 0.05) is 6.61 Å². The molecule has 0 fully saturated rings. The van der Waals surface area contributed by atoms with Crippen molar-refractivity contribution in [3.63, 3.8) is 0 Å². The Labute approximate surface area is 120 Å². The van der Waals surface area contributed by atoms with Gasteiger partial charge in [0.15, 0.2) is 0 Å². The summed E-state index contributed by atoms with van der Waals surface area (Å²) in [5, 5.41) is 0. The van der Waals surface area contributed by atoms with Crippen LogP contribution in [0.4, 0.5) is 0 Å². The zero-order valence-corrected chi connectivity index (χ0v) is 12.2. The van der Waals surface area contributed by atoms with Crippen LogP contribution in [0.3, 0.4) is 0 Å². The normalized spacial score (nSPS) is 10.3. The van der Waals surface area contributed by atoms with Crippen molar-refractivity contribution in [2.24, 2.45) is 0 Å². The maximum atomic E-state index is 11.4. The number of ether oxygens (including phenoxy) is 2. The Morgan fingerprint density at radius 1 is 1.10 bits per heavy atom. The lowest BCUT2D eigenvalue weighted by molar-refractivity contribution is -0.135. The number of hydroxylamine groups is 1. The average molecular weight is 281 g/mol. The Morgan fingerprint density at radius 2 is 1.85 bits per heavy atom. The molecular formula is C15H23NO4. The molecule has 1 rings (SSSR count). The predicted octanol–water partition coefficient (Wildman–Crippen LogP) is 2.24. The van der Waals surface area contributed by atoms with Crippen molar-refractivity contribution in [1.29, 1.82) is 0 Å². The smallest absolute Gasteiger partial charge is 0.246 e. The summed E-state index contributed by atoms with van der Waals surface area (Å²) in [6, 6.07) is 7.70. The standard InChI is InChI=1S/C15H23NO4/c1-3-9-18-11-12-20-16-15(17)8-10-19-14-6-4-13(2)5-7-14/h4-7H,3,8-12H2,1-2H3,(H,16,17). The molecular weight excluding hydrogens is 258 g/mol. The van der Waals surface area contributed by atoms with Crippen LogP contribution in [0.15, 0.2) is 24.3 Å². The van der Waals surface area contributed by atoms with Crippen molar-refractivity contribution >= 4 is 5.91 Å². The van der Waals surface area contributed by atoms with Gasteiger partial charge in [0.2, 0.25) is 5.91 Å². The van der Waals surface area contributed by atoms with Crippen LogP contribution in [0.5, 0.6) is 5.75 Å². The van der Waals surface area contributed by atoms with Crippen molar-refractivity contribution < 1.29 is 19.1 Å². The van der Waals surface area contributed by atoms with E-state index in [9.17, 15) is 4.79 Å². The third-order valence-corrected chi connectivity index (χ3v) is 2.48. The fourth-order valence-corrected chi connectivity index (χ4v) is 1.43. The zero-order valence-electron chi connectivity index (χ0n) is 12.2. The Hall–Kier alpha value is -1.59. The quantitative estimate of drug-likeness (QED) is 0.528. The lowest BCUT2D eigenvalue weighted by atomic mass is 10.2. The molecule has 0 saturated carbocycles. The van der Waals surface area contributed by atoms with Gasteiger partial charge in [-0.05, 0) is 25.5 Å². The van der Waals surface area contributed by atoms with Crippen molar-refractivity contribution in [1.82, 2.24) is 5.48 Å². The molecule has 0 unspecified atom stereocenters. The van der Waals surface area contributed by atoms with Gasteiger partial charge < -0.3 is 9.47 Å². The van der Waals surface area contributed by atoms with E-state index in [1.165, 1.54) is 5.56 Å². The van der Waals surface area contributed by atoms with Crippen molar-refractivity contribution in [3.05, 3.63) is 29.8 Å². The van der Waals surface area contributed by atoms with E-state index in [0.29, 0.717) is 26.4 Å². The lowest BCUT2D eigenvalue weighted by Crippen LogP contribution is -2.26. The van der Waals surface area contributed by atoms with Gasteiger partial charge in [0.1, 0.15) is 5.75 Å². The molecule has 1 N–H and O–H groups in total. The van der Waals surface area contributed by atoms with Crippen molar-refractivity contribution in [2.45, 2.75) is 26.7 Å². The maximum Gasteiger partial charge on any atom is 0.246 e. The highest BCUT2D eigenvalue weighted by Crippen LogP contribution is 2.11. The number of nitrogens with one attached hydrogen (secondary N) is 1. The van der Waals surface area contributed by atoms with Gasteiger partial charge in [0.25, 0.3) is 0 Å². The number of amides is 1. The van der Waals surface area contributed by atoms with E-state index < -0.39 is 0 Å². The van der Waals surface area contributed by atoms with E-state index in [0.717, 1.165) is 12.2 Å². The van der Waals surface area contributed by atoms with Crippen molar-refractivity contribution in [2.75, 3.05) is 26.4 Å². The highest BCUT2D eigenvalue weighted by atomic mass is 16.7. The third-order valence-electron chi connectivity index (χ3n) is 2.48. The first-order valence-electron chi connectivity index (χ1n) is 6.90. The molecule has 1 amide bonds. The number of carbonyl (C=O) groups is 1. The molecule has 0 bridgehead atoms. The SMILES string of the molecule is CCCOCCONC(=O)CCOc1ccc(C)cc1. The largest absolute Gasteiger partial charge is 0.493 e. The molecule has 0 aliphatic heterocycles. The zero-order chi connectivity index (χ0) is 14.6. The molecule has 20 heavy (non-hydrogen) atoms. The van der Waals surface area contributed by atoms with Gasteiger partial charge in [-0.1, -0.05) is 24.6 Å². The summed E-state index contributed by atoms with van der Waals surface area (Å²) in [4.78, 5) is 16.4. The lowest BCUT2D eigenvalue weighted by Gasteiger charge is -2.08. The van der Waals surface area contributed by atoms with Crippen LogP contribution in [0, 0.1) is 6.92 Å². The molecule has 112 valence electrons. The first-order chi connectivity index (χ1) is 9.72. The third kappa shape index (κ3) is 7.76. The molecule has 0 aromatic heterocycles. The summed E-state index contributed by atoms with van der Waals surface area (Å²) < 4.78 is 10.7. The number of rotatable bonds is 10. The Bertz CT molecular complexity index is 378. The van der Waals surface area contributed by atoms with Crippen LogP contribution in [-0.2, 0) is 14.4 Å². The summed E-state index contributed by atoms with van der Waals surface area (Å²) in [6.45, 7) is 5.92. The summed E-state index contributed by atoms with van der Waals surface area (Å²) in [7, 11) is 0. The minimum Gasteiger partial charge on any atom is -0.493 e. The average Bonchev–Trinajstić information content (AvgIpc) is 2.45. The van der Waals surface area contributed by atoms with Gasteiger partial charge in [-0.3, -0.25) is 9.63 Å². The molecule has 0 aliphatic rings. The molecule has 5 nitrogen and oxygen atoms in total. The fourth-order valence-electron chi connectivity index (χ4n) is 1.43. The van der Waals surface area contributed by atoms with Gasteiger partial charge in [-0.15, -0.1) is 0 Å². The van der Waals surface area contributed by atoms with Crippen LogP contribution in [-0.4, -0.2) is 32.3 Å². The topological polar surface area (TPSA) is 56.8 Å². The van der Waals surface area contributed by atoms with Crippen LogP contribution < -0.4 is 10.2 Å². The first kappa shape index (κ1) is 16.5. The van der Waals surface area contributed by atoms with Gasteiger partial charge in [-0.25, -0.2) is 5.48 Å². The van der Waals surface area contributed by atoms with Gasteiger partial charge in [0.05, 0.1) is 26.2 Å².